The van der Waals surface area contributed by atoms with E-state index in [-0.39, 0.29) is 6.54 Å². The van der Waals surface area contributed by atoms with Gasteiger partial charge in [0.1, 0.15) is 0 Å². The molecule has 0 amide bonds. The minimum atomic E-state index is -3.35. The number of hydrogen-bond acceptors (Lipinski definition) is 3. The van der Waals surface area contributed by atoms with Crippen molar-refractivity contribution in [3.63, 3.8) is 0 Å². The van der Waals surface area contributed by atoms with Gasteiger partial charge in [-0.25, -0.2) is 8.42 Å². The van der Waals surface area contributed by atoms with E-state index in [0.717, 1.165) is 18.4 Å². The lowest BCUT2D eigenvalue weighted by Crippen LogP contribution is -2.39. The Morgan fingerprint density at radius 3 is 2.12 bits per heavy atom. The summed E-state index contributed by atoms with van der Waals surface area (Å²) in [5, 5.41) is 0. The van der Waals surface area contributed by atoms with Crippen molar-refractivity contribution >= 4 is 9.84 Å². The van der Waals surface area contributed by atoms with Crippen molar-refractivity contribution in [3.8, 4) is 0 Å². The van der Waals surface area contributed by atoms with Crippen molar-refractivity contribution < 1.29 is 8.42 Å². The van der Waals surface area contributed by atoms with Crippen molar-refractivity contribution in [1.82, 2.24) is 0 Å². The number of benzene rings is 1. The Hall–Kier alpha value is -0.870. The fourth-order valence-electron chi connectivity index (χ4n) is 1.55. The van der Waals surface area contributed by atoms with Gasteiger partial charge in [-0.2, -0.15) is 0 Å². The molecule has 17 heavy (non-hydrogen) atoms. The highest BCUT2D eigenvalue weighted by molar-refractivity contribution is 7.92. The van der Waals surface area contributed by atoms with E-state index in [2.05, 4.69) is 6.92 Å². The highest BCUT2D eigenvalue weighted by atomic mass is 32.2. The van der Waals surface area contributed by atoms with Gasteiger partial charge in [0.05, 0.1) is 9.64 Å². The molecule has 0 aliphatic heterocycles. The van der Waals surface area contributed by atoms with Gasteiger partial charge in [0.15, 0.2) is 9.84 Å². The van der Waals surface area contributed by atoms with Gasteiger partial charge < -0.3 is 5.73 Å². The maximum atomic E-state index is 12.3. The van der Waals surface area contributed by atoms with Crippen molar-refractivity contribution in [1.29, 1.82) is 0 Å². The Morgan fingerprint density at radius 2 is 1.71 bits per heavy atom. The van der Waals surface area contributed by atoms with Gasteiger partial charge in [-0.05, 0) is 38.0 Å². The molecule has 1 rings (SSSR count). The first kappa shape index (κ1) is 14.2. The monoisotopic (exact) mass is 255 g/mol. The third kappa shape index (κ3) is 2.87. The Kier molecular flexibility index (Phi) is 4.33. The number of rotatable bonds is 5. The maximum absolute atomic E-state index is 12.3. The van der Waals surface area contributed by atoms with Crippen molar-refractivity contribution in [2.75, 3.05) is 6.54 Å². The quantitative estimate of drug-likeness (QED) is 0.877. The Balaban J connectivity index is 3.09. The molecule has 4 heteroatoms. The fraction of sp³-hybridized carbons (Fsp3) is 0.538. The van der Waals surface area contributed by atoms with Crippen LogP contribution in [-0.4, -0.2) is 19.7 Å². The number of aryl methyl sites for hydroxylation is 1. The van der Waals surface area contributed by atoms with Crippen LogP contribution in [-0.2, 0) is 16.3 Å². The van der Waals surface area contributed by atoms with Crippen LogP contribution in [0, 0.1) is 0 Å². The summed E-state index contributed by atoms with van der Waals surface area (Å²) < 4.78 is 23.6. The standard InChI is InChI=1S/C13H21NO2S/c1-4-5-11-6-8-12(9-7-11)17(15,16)13(2,3)10-14/h6-9H,4-5,10,14H2,1-3H3. The Labute approximate surface area is 104 Å². The minimum Gasteiger partial charge on any atom is -0.329 e. The topological polar surface area (TPSA) is 60.2 Å². The van der Waals surface area contributed by atoms with Gasteiger partial charge in [0.25, 0.3) is 0 Å². The third-order valence-corrected chi connectivity index (χ3v) is 5.51. The van der Waals surface area contributed by atoms with E-state index in [1.807, 2.05) is 12.1 Å². The fourth-order valence-corrected chi connectivity index (χ4v) is 2.90. The second-order valence-electron chi connectivity index (χ2n) is 4.86. The van der Waals surface area contributed by atoms with Crippen LogP contribution in [0.3, 0.4) is 0 Å². The Morgan fingerprint density at radius 1 is 1.18 bits per heavy atom. The van der Waals surface area contributed by atoms with E-state index < -0.39 is 14.6 Å². The molecule has 0 aliphatic rings. The lowest BCUT2D eigenvalue weighted by Gasteiger charge is -2.22. The highest BCUT2D eigenvalue weighted by Gasteiger charge is 2.34. The zero-order chi connectivity index (χ0) is 13.1. The van der Waals surface area contributed by atoms with Gasteiger partial charge in [-0.3, -0.25) is 0 Å². The summed E-state index contributed by atoms with van der Waals surface area (Å²) in [5.74, 6) is 0. The summed E-state index contributed by atoms with van der Waals surface area (Å²) in [6.07, 6.45) is 2.03. The second-order valence-corrected chi connectivity index (χ2v) is 7.44. The molecule has 0 saturated heterocycles. The van der Waals surface area contributed by atoms with Crippen LogP contribution in [0.4, 0.5) is 0 Å². The molecule has 0 aromatic heterocycles. The predicted octanol–water partition coefficient (Wildman–Crippen LogP) is 2.15. The van der Waals surface area contributed by atoms with Gasteiger partial charge in [-0.15, -0.1) is 0 Å². The van der Waals surface area contributed by atoms with Crippen molar-refractivity contribution in [3.05, 3.63) is 29.8 Å². The first-order valence-electron chi connectivity index (χ1n) is 5.89. The molecular weight excluding hydrogens is 234 g/mol. The van der Waals surface area contributed by atoms with E-state index in [1.165, 1.54) is 0 Å². The molecule has 0 heterocycles. The minimum absolute atomic E-state index is 0.117. The molecule has 96 valence electrons. The van der Waals surface area contributed by atoms with Crippen LogP contribution in [0.25, 0.3) is 0 Å². The van der Waals surface area contributed by atoms with Gasteiger partial charge >= 0.3 is 0 Å². The third-order valence-electron chi connectivity index (χ3n) is 2.99. The van der Waals surface area contributed by atoms with E-state index in [1.54, 1.807) is 26.0 Å². The number of sulfone groups is 1. The SMILES string of the molecule is CCCc1ccc(S(=O)(=O)C(C)(C)CN)cc1. The zero-order valence-electron chi connectivity index (χ0n) is 10.7. The summed E-state index contributed by atoms with van der Waals surface area (Å²) in [6, 6.07) is 7.11. The van der Waals surface area contributed by atoms with Crippen LogP contribution >= 0.6 is 0 Å². The van der Waals surface area contributed by atoms with Gasteiger partial charge in [0, 0.05) is 6.54 Å². The average molecular weight is 255 g/mol. The van der Waals surface area contributed by atoms with Gasteiger partial charge in [-0.1, -0.05) is 25.5 Å². The normalized spacial score (nSPS) is 12.7. The summed E-state index contributed by atoms with van der Waals surface area (Å²) in [6.45, 7) is 5.53. The molecular formula is C13H21NO2S. The molecule has 2 N–H and O–H groups in total. The molecule has 0 atom stereocenters. The molecule has 0 fully saturated rings. The lowest BCUT2D eigenvalue weighted by atomic mass is 10.1. The van der Waals surface area contributed by atoms with Crippen LogP contribution in [0.2, 0.25) is 0 Å². The molecule has 0 saturated carbocycles. The van der Waals surface area contributed by atoms with E-state index >= 15 is 0 Å². The predicted molar refractivity (Wildman–Crippen MR) is 70.8 cm³/mol. The highest BCUT2D eigenvalue weighted by Crippen LogP contribution is 2.24. The zero-order valence-corrected chi connectivity index (χ0v) is 11.5. The Bertz CT molecular complexity index is 461. The first-order valence-corrected chi connectivity index (χ1v) is 7.37. The smallest absolute Gasteiger partial charge is 0.184 e. The largest absolute Gasteiger partial charge is 0.329 e. The molecule has 1 aromatic carbocycles. The van der Waals surface area contributed by atoms with Crippen LogP contribution in [0.5, 0.6) is 0 Å². The molecule has 0 radical (unpaired) electrons. The summed E-state index contributed by atoms with van der Waals surface area (Å²) >= 11 is 0. The number of hydrogen-bond donors (Lipinski definition) is 1. The van der Waals surface area contributed by atoms with Crippen molar-refractivity contribution in [2.24, 2.45) is 5.73 Å². The maximum Gasteiger partial charge on any atom is 0.184 e. The van der Waals surface area contributed by atoms with E-state index in [9.17, 15) is 8.42 Å². The summed E-state index contributed by atoms with van der Waals surface area (Å²) in [7, 11) is -3.35. The van der Waals surface area contributed by atoms with Crippen LogP contribution in [0.1, 0.15) is 32.8 Å². The van der Waals surface area contributed by atoms with E-state index in [4.69, 9.17) is 5.73 Å². The summed E-state index contributed by atoms with van der Waals surface area (Å²) in [5.41, 5.74) is 6.69. The molecule has 0 unspecified atom stereocenters. The molecule has 0 spiro atoms. The lowest BCUT2D eigenvalue weighted by molar-refractivity contribution is 0.549. The molecule has 3 nitrogen and oxygen atoms in total. The van der Waals surface area contributed by atoms with Crippen LogP contribution in [0.15, 0.2) is 29.2 Å². The van der Waals surface area contributed by atoms with Gasteiger partial charge in [0.2, 0.25) is 0 Å². The molecule has 1 aromatic rings. The van der Waals surface area contributed by atoms with Crippen LogP contribution < -0.4 is 5.73 Å². The average Bonchev–Trinajstić information content (AvgIpc) is 2.30. The first-order chi connectivity index (χ1) is 7.85. The summed E-state index contributed by atoms with van der Waals surface area (Å²) in [4.78, 5) is 0.354. The molecule has 0 bridgehead atoms. The van der Waals surface area contributed by atoms with Crippen molar-refractivity contribution in [2.45, 2.75) is 43.3 Å². The number of nitrogens with two attached hydrogens (primary N) is 1. The molecule has 0 aliphatic carbocycles. The second kappa shape index (κ2) is 5.19. The van der Waals surface area contributed by atoms with E-state index in [0.29, 0.717) is 4.90 Å².